The van der Waals surface area contributed by atoms with Gasteiger partial charge in [0.2, 0.25) is 5.91 Å². The molecule has 1 N–H and O–H groups in total. The average Bonchev–Trinajstić information content (AvgIpc) is 3.12. The predicted molar refractivity (Wildman–Crippen MR) is 95.7 cm³/mol. The fraction of sp³-hybridized carbons (Fsp3) is 0.316. The molecule has 6 nitrogen and oxygen atoms in total. The zero-order valence-electron chi connectivity index (χ0n) is 14.3. The Morgan fingerprint density at radius 2 is 2.24 bits per heavy atom. The standard InChI is InChI=1S/C19H20N4O2/c1-13-5-7-17(25-2)15(10-13)22-19(24)16-4-3-9-23(16)18-8-6-14(11-20)12-21-18/h5-8,10,12,16H,3-4,9H2,1-2H3,(H,22,24). The number of hydrogen-bond donors (Lipinski definition) is 1. The van der Waals surface area contributed by atoms with E-state index in [9.17, 15) is 4.79 Å². The molecule has 1 atom stereocenters. The zero-order chi connectivity index (χ0) is 17.8. The van der Waals surface area contributed by atoms with Crippen LogP contribution in [0.3, 0.4) is 0 Å². The minimum atomic E-state index is -0.286. The van der Waals surface area contributed by atoms with Crippen molar-refractivity contribution >= 4 is 17.4 Å². The van der Waals surface area contributed by atoms with Gasteiger partial charge < -0.3 is 15.0 Å². The summed E-state index contributed by atoms with van der Waals surface area (Å²) in [6, 6.07) is 11.0. The molecule has 1 aromatic heterocycles. The van der Waals surface area contributed by atoms with Gasteiger partial charge in [-0.05, 0) is 49.6 Å². The summed E-state index contributed by atoms with van der Waals surface area (Å²) < 4.78 is 5.33. The third kappa shape index (κ3) is 3.56. The highest BCUT2D eigenvalue weighted by molar-refractivity contribution is 5.98. The maximum Gasteiger partial charge on any atom is 0.247 e. The number of ether oxygens (including phenoxy) is 1. The molecule has 2 heterocycles. The van der Waals surface area contributed by atoms with Gasteiger partial charge in [0, 0.05) is 12.7 Å². The Morgan fingerprint density at radius 3 is 2.92 bits per heavy atom. The maximum atomic E-state index is 12.8. The molecular weight excluding hydrogens is 316 g/mol. The Kier molecular flexibility index (Phi) is 4.85. The maximum absolute atomic E-state index is 12.8. The molecule has 1 saturated heterocycles. The molecule has 0 bridgehead atoms. The molecule has 1 amide bonds. The Bertz CT molecular complexity index is 811. The van der Waals surface area contributed by atoms with E-state index >= 15 is 0 Å². The first-order valence-corrected chi connectivity index (χ1v) is 8.20. The lowest BCUT2D eigenvalue weighted by atomic mass is 10.1. The van der Waals surface area contributed by atoms with E-state index in [0.29, 0.717) is 22.8 Å². The minimum Gasteiger partial charge on any atom is -0.495 e. The smallest absolute Gasteiger partial charge is 0.247 e. The van der Waals surface area contributed by atoms with Gasteiger partial charge in [-0.15, -0.1) is 0 Å². The van der Waals surface area contributed by atoms with E-state index in [1.54, 1.807) is 19.2 Å². The van der Waals surface area contributed by atoms with Gasteiger partial charge in [0.25, 0.3) is 0 Å². The topological polar surface area (TPSA) is 78.2 Å². The molecule has 0 spiro atoms. The Labute approximate surface area is 147 Å². The molecule has 6 heteroatoms. The highest BCUT2D eigenvalue weighted by Crippen LogP contribution is 2.28. The lowest BCUT2D eigenvalue weighted by Crippen LogP contribution is -2.40. The first-order valence-electron chi connectivity index (χ1n) is 8.20. The van der Waals surface area contributed by atoms with Gasteiger partial charge in [0.05, 0.1) is 18.4 Å². The highest BCUT2D eigenvalue weighted by atomic mass is 16.5. The minimum absolute atomic E-state index is 0.0763. The second-order valence-corrected chi connectivity index (χ2v) is 6.06. The number of nitriles is 1. The molecule has 1 aliphatic heterocycles. The molecule has 3 rings (SSSR count). The fourth-order valence-electron chi connectivity index (χ4n) is 3.07. The predicted octanol–water partition coefficient (Wildman–Crippen LogP) is 2.88. The Morgan fingerprint density at radius 1 is 1.40 bits per heavy atom. The molecular formula is C19H20N4O2. The van der Waals surface area contributed by atoms with Crippen molar-refractivity contribution in [3.63, 3.8) is 0 Å². The number of nitrogens with zero attached hydrogens (tertiary/aromatic N) is 3. The van der Waals surface area contributed by atoms with Gasteiger partial charge in [-0.2, -0.15) is 5.26 Å². The normalized spacial score (nSPS) is 16.4. The van der Waals surface area contributed by atoms with Gasteiger partial charge in [-0.3, -0.25) is 4.79 Å². The molecule has 1 fully saturated rings. The molecule has 2 aromatic rings. The van der Waals surface area contributed by atoms with Gasteiger partial charge >= 0.3 is 0 Å². The first kappa shape index (κ1) is 16.8. The number of nitrogens with one attached hydrogen (secondary N) is 1. The van der Waals surface area contributed by atoms with Crippen LogP contribution in [0.1, 0.15) is 24.0 Å². The van der Waals surface area contributed by atoms with Crippen molar-refractivity contribution in [3.05, 3.63) is 47.7 Å². The summed E-state index contributed by atoms with van der Waals surface area (Å²) in [6.07, 6.45) is 3.22. The SMILES string of the molecule is COc1ccc(C)cc1NC(=O)C1CCCN1c1ccc(C#N)cn1. The van der Waals surface area contributed by atoms with Crippen LogP contribution in [0.15, 0.2) is 36.5 Å². The number of carbonyl (C=O) groups is 1. The van der Waals surface area contributed by atoms with E-state index in [2.05, 4.69) is 16.4 Å². The summed E-state index contributed by atoms with van der Waals surface area (Å²) in [5, 5.41) is 11.9. The van der Waals surface area contributed by atoms with Crippen LogP contribution in [0.2, 0.25) is 0 Å². The number of anilines is 2. The highest BCUT2D eigenvalue weighted by Gasteiger charge is 2.32. The van der Waals surface area contributed by atoms with Gasteiger partial charge in [0.1, 0.15) is 23.7 Å². The molecule has 128 valence electrons. The summed E-state index contributed by atoms with van der Waals surface area (Å²) in [6.45, 7) is 2.74. The molecule has 1 aliphatic rings. The van der Waals surface area contributed by atoms with E-state index in [1.807, 2.05) is 30.0 Å². The van der Waals surface area contributed by atoms with Crippen molar-refractivity contribution in [3.8, 4) is 11.8 Å². The second kappa shape index (κ2) is 7.22. The lowest BCUT2D eigenvalue weighted by molar-refractivity contribution is -0.117. The van der Waals surface area contributed by atoms with E-state index < -0.39 is 0 Å². The van der Waals surface area contributed by atoms with Crippen LogP contribution in [-0.4, -0.2) is 30.6 Å². The number of aromatic nitrogens is 1. The monoisotopic (exact) mass is 336 g/mol. The third-order valence-corrected chi connectivity index (χ3v) is 4.34. The number of aryl methyl sites for hydroxylation is 1. The van der Waals surface area contributed by atoms with Crippen molar-refractivity contribution in [2.24, 2.45) is 0 Å². The number of benzene rings is 1. The fourth-order valence-corrected chi connectivity index (χ4v) is 3.07. The van der Waals surface area contributed by atoms with E-state index in [-0.39, 0.29) is 11.9 Å². The first-order chi connectivity index (χ1) is 12.1. The molecule has 1 unspecified atom stereocenters. The van der Waals surface area contributed by atoms with E-state index in [4.69, 9.17) is 10.00 Å². The number of methoxy groups -OCH3 is 1. The zero-order valence-corrected chi connectivity index (χ0v) is 14.3. The van der Waals surface area contributed by atoms with Gasteiger partial charge in [-0.1, -0.05) is 6.07 Å². The van der Waals surface area contributed by atoms with Crippen molar-refractivity contribution in [1.82, 2.24) is 4.98 Å². The summed E-state index contributed by atoms with van der Waals surface area (Å²) >= 11 is 0. The van der Waals surface area contributed by atoms with Crippen LogP contribution in [-0.2, 0) is 4.79 Å². The Balaban J connectivity index is 1.79. The summed E-state index contributed by atoms with van der Waals surface area (Å²) in [5.41, 5.74) is 2.23. The van der Waals surface area contributed by atoms with Crippen molar-refractivity contribution in [2.45, 2.75) is 25.8 Å². The molecule has 0 aliphatic carbocycles. The number of amides is 1. The third-order valence-electron chi connectivity index (χ3n) is 4.34. The van der Waals surface area contributed by atoms with E-state index in [1.165, 1.54) is 6.20 Å². The molecule has 1 aromatic carbocycles. The van der Waals surface area contributed by atoms with Crippen LogP contribution < -0.4 is 15.0 Å². The van der Waals surface area contributed by atoms with Crippen LogP contribution in [0, 0.1) is 18.3 Å². The number of hydrogen-bond acceptors (Lipinski definition) is 5. The van der Waals surface area contributed by atoms with Crippen LogP contribution in [0.25, 0.3) is 0 Å². The van der Waals surface area contributed by atoms with Crippen molar-refractivity contribution < 1.29 is 9.53 Å². The largest absolute Gasteiger partial charge is 0.495 e. The van der Waals surface area contributed by atoms with Gasteiger partial charge in [-0.25, -0.2) is 4.98 Å². The lowest BCUT2D eigenvalue weighted by Gasteiger charge is -2.25. The Hall–Kier alpha value is -3.07. The molecule has 0 radical (unpaired) electrons. The number of carbonyl (C=O) groups excluding carboxylic acids is 1. The van der Waals surface area contributed by atoms with Crippen molar-refractivity contribution in [2.75, 3.05) is 23.9 Å². The number of pyridine rings is 1. The van der Waals surface area contributed by atoms with Crippen LogP contribution >= 0.6 is 0 Å². The summed E-state index contributed by atoms with van der Waals surface area (Å²) in [4.78, 5) is 19.1. The molecule has 25 heavy (non-hydrogen) atoms. The van der Waals surface area contributed by atoms with Crippen LogP contribution in [0.5, 0.6) is 5.75 Å². The molecule has 0 saturated carbocycles. The quantitative estimate of drug-likeness (QED) is 0.929. The van der Waals surface area contributed by atoms with Crippen LogP contribution in [0.4, 0.5) is 11.5 Å². The van der Waals surface area contributed by atoms with Gasteiger partial charge in [0.15, 0.2) is 0 Å². The van der Waals surface area contributed by atoms with Crippen molar-refractivity contribution in [1.29, 1.82) is 5.26 Å². The van der Waals surface area contributed by atoms with E-state index in [0.717, 1.165) is 24.9 Å². The summed E-state index contributed by atoms with van der Waals surface area (Å²) in [7, 11) is 1.59. The summed E-state index contributed by atoms with van der Waals surface area (Å²) in [5.74, 6) is 1.28. The number of rotatable bonds is 4. The average molecular weight is 336 g/mol. The second-order valence-electron chi connectivity index (χ2n) is 6.06.